The van der Waals surface area contributed by atoms with Crippen LogP contribution in [0.4, 0.5) is 4.79 Å². The molecule has 0 saturated carbocycles. The van der Waals surface area contributed by atoms with Crippen LogP contribution < -0.4 is 14.8 Å². The van der Waals surface area contributed by atoms with Crippen LogP contribution in [0.25, 0.3) is 0 Å². The Hall–Kier alpha value is -2.29. The van der Waals surface area contributed by atoms with E-state index < -0.39 is 22.3 Å². The molecule has 2 aromatic rings. The van der Waals surface area contributed by atoms with Crippen molar-refractivity contribution < 1.29 is 22.7 Å². The van der Waals surface area contributed by atoms with Crippen LogP contribution in [0, 0.1) is 0 Å². The van der Waals surface area contributed by atoms with E-state index in [1.165, 1.54) is 5.56 Å². The number of hydrogen-bond donors (Lipinski definition) is 2. The van der Waals surface area contributed by atoms with Gasteiger partial charge in [-0.05, 0) is 81.0 Å². The zero-order chi connectivity index (χ0) is 24.0. The van der Waals surface area contributed by atoms with E-state index in [2.05, 4.69) is 10.0 Å². The maximum Gasteiger partial charge on any atom is 0.407 e. The lowest BCUT2D eigenvalue weighted by Gasteiger charge is -2.34. The summed E-state index contributed by atoms with van der Waals surface area (Å²) in [7, 11) is -3.39. The summed E-state index contributed by atoms with van der Waals surface area (Å²) in [4.78, 5) is 12.2. The van der Waals surface area contributed by atoms with Crippen LogP contribution in [-0.4, -0.2) is 39.1 Å². The highest BCUT2D eigenvalue weighted by atomic mass is 35.5. The Kier molecular flexibility index (Phi) is 8.62. The average molecular weight is 495 g/mol. The van der Waals surface area contributed by atoms with E-state index in [9.17, 15) is 13.2 Å². The Morgan fingerprint density at radius 3 is 2.70 bits per heavy atom. The van der Waals surface area contributed by atoms with Gasteiger partial charge in [-0.2, -0.15) is 4.72 Å². The lowest BCUT2D eigenvalue weighted by Crippen LogP contribution is -2.43. The summed E-state index contributed by atoms with van der Waals surface area (Å²) in [6.07, 6.45) is 1.11. The van der Waals surface area contributed by atoms with Gasteiger partial charge in [-0.15, -0.1) is 0 Å². The number of rotatable bonds is 9. The standard InChI is InChI=1S/C24H31ClN2O5S/c1-4-31-24(28)26-23-12-10-18-9-11-20(32-16(3)27-33(29,30)5-2)15-21(18)22(23)14-17-7-6-8-19(25)13-17/h6-9,11,13,15-16,22-23,27H,4-5,10,12,14H2,1-3H3,(H,26,28). The second kappa shape index (κ2) is 11.2. The molecule has 0 saturated heterocycles. The first-order valence-electron chi connectivity index (χ1n) is 11.2. The second-order valence-electron chi connectivity index (χ2n) is 8.09. The molecule has 0 aliphatic heterocycles. The summed E-state index contributed by atoms with van der Waals surface area (Å²) in [5.41, 5.74) is 3.30. The van der Waals surface area contributed by atoms with Gasteiger partial charge in [-0.25, -0.2) is 13.2 Å². The first-order chi connectivity index (χ1) is 15.7. The van der Waals surface area contributed by atoms with Crippen LogP contribution >= 0.6 is 11.6 Å². The van der Waals surface area contributed by atoms with Gasteiger partial charge in [0.1, 0.15) is 5.75 Å². The minimum absolute atomic E-state index is 0.0200. The number of amides is 1. The highest BCUT2D eigenvalue weighted by molar-refractivity contribution is 7.89. The molecule has 1 aliphatic rings. The maximum absolute atomic E-state index is 12.2. The molecule has 0 aromatic heterocycles. The van der Waals surface area contributed by atoms with Gasteiger partial charge in [0.05, 0.1) is 12.4 Å². The molecule has 180 valence electrons. The van der Waals surface area contributed by atoms with Gasteiger partial charge in [0.25, 0.3) is 0 Å². The Balaban J connectivity index is 1.89. The van der Waals surface area contributed by atoms with E-state index in [0.29, 0.717) is 23.8 Å². The highest BCUT2D eigenvalue weighted by Crippen LogP contribution is 2.37. The van der Waals surface area contributed by atoms with E-state index >= 15 is 0 Å². The van der Waals surface area contributed by atoms with Crippen LogP contribution in [-0.2, 0) is 27.6 Å². The van der Waals surface area contributed by atoms with Crippen LogP contribution in [0.2, 0.25) is 5.02 Å². The van der Waals surface area contributed by atoms with Gasteiger partial charge in [0.2, 0.25) is 10.0 Å². The molecule has 3 rings (SSSR count). The number of nitrogens with one attached hydrogen (secondary N) is 2. The Morgan fingerprint density at radius 1 is 1.21 bits per heavy atom. The summed E-state index contributed by atoms with van der Waals surface area (Å²) in [6.45, 7) is 5.31. The van der Waals surface area contributed by atoms with E-state index in [1.807, 2.05) is 42.5 Å². The van der Waals surface area contributed by atoms with Crippen LogP contribution in [0.3, 0.4) is 0 Å². The fourth-order valence-corrected chi connectivity index (χ4v) is 5.11. The molecule has 7 nitrogen and oxygen atoms in total. The molecular weight excluding hydrogens is 464 g/mol. The zero-order valence-corrected chi connectivity index (χ0v) is 20.7. The van der Waals surface area contributed by atoms with Gasteiger partial charge in [0.15, 0.2) is 6.23 Å². The SMILES string of the molecule is CCOC(=O)NC1CCc2ccc(OC(C)NS(=O)(=O)CC)cc2C1Cc1cccc(Cl)c1. The van der Waals surface area contributed by atoms with Crippen molar-refractivity contribution in [2.45, 2.75) is 58.2 Å². The fourth-order valence-electron chi connectivity index (χ4n) is 4.18. The second-order valence-corrected chi connectivity index (χ2v) is 10.6. The Morgan fingerprint density at radius 2 is 2.00 bits per heavy atom. The lowest BCUT2D eigenvalue weighted by atomic mass is 9.76. The number of benzene rings is 2. The van der Waals surface area contributed by atoms with Crippen molar-refractivity contribution in [2.24, 2.45) is 0 Å². The minimum atomic E-state index is -3.39. The molecule has 0 bridgehead atoms. The number of carbonyl (C=O) groups excluding carboxylic acids is 1. The quantitative estimate of drug-likeness (QED) is 0.504. The molecule has 1 aliphatic carbocycles. The third-order valence-corrected chi connectivity index (χ3v) is 7.38. The van der Waals surface area contributed by atoms with Crippen molar-refractivity contribution in [1.29, 1.82) is 0 Å². The summed E-state index contributed by atoms with van der Waals surface area (Å²) < 4.78 is 37.2. The molecule has 0 fully saturated rings. The number of sulfonamides is 1. The smallest absolute Gasteiger partial charge is 0.407 e. The molecule has 2 aromatic carbocycles. The largest absolute Gasteiger partial charge is 0.475 e. The third-order valence-electron chi connectivity index (χ3n) is 5.69. The molecule has 0 radical (unpaired) electrons. The van der Waals surface area contributed by atoms with Gasteiger partial charge < -0.3 is 14.8 Å². The van der Waals surface area contributed by atoms with Crippen LogP contribution in [0.1, 0.15) is 49.8 Å². The summed E-state index contributed by atoms with van der Waals surface area (Å²) in [6, 6.07) is 13.4. The van der Waals surface area contributed by atoms with Crippen molar-refractivity contribution in [2.75, 3.05) is 12.4 Å². The van der Waals surface area contributed by atoms with Crippen LogP contribution in [0.5, 0.6) is 5.75 Å². The molecule has 0 spiro atoms. The molecule has 3 unspecified atom stereocenters. The number of halogens is 1. The number of fused-ring (bicyclic) bond motifs is 1. The van der Waals surface area contributed by atoms with E-state index in [0.717, 1.165) is 24.0 Å². The summed E-state index contributed by atoms with van der Waals surface area (Å²) in [5, 5.41) is 3.68. The number of aryl methyl sites for hydroxylation is 1. The number of hydrogen-bond acceptors (Lipinski definition) is 5. The number of ether oxygens (including phenoxy) is 2. The summed E-state index contributed by atoms with van der Waals surface area (Å²) in [5.74, 6) is 0.518. The molecule has 33 heavy (non-hydrogen) atoms. The van der Waals surface area contributed by atoms with Crippen molar-refractivity contribution in [3.8, 4) is 5.75 Å². The van der Waals surface area contributed by atoms with Crippen molar-refractivity contribution in [3.63, 3.8) is 0 Å². The lowest BCUT2D eigenvalue weighted by molar-refractivity contribution is 0.144. The predicted molar refractivity (Wildman–Crippen MR) is 129 cm³/mol. The molecule has 9 heteroatoms. The highest BCUT2D eigenvalue weighted by Gasteiger charge is 2.32. The number of carbonyl (C=O) groups is 1. The summed E-state index contributed by atoms with van der Waals surface area (Å²) >= 11 is 6.21. The zero-order valence-electron chi connectivity index (χ0n) is 19.1. The van der Waals surface area contributed by atoms with Gasteiger partial charge in [-0.1, -0.05) is 29.8 Å². The predicted octanol–water partition coefficient (Wildman–Crippen LogP) is 4.39. The van der Waals surface area contributed by atoms with Crippen molar-refractivity contribution in [3.05, 3.63) is 64.2 Å². The molecule has 3 atom stereocenters. The van der Waals surface area contributed by atoms with Crippen molar-refractivity contribution in [1.82, 2.24) is 10.0 Å². The number of alkyl carbamates (subject to hydrolysis) is 1. The molecule has 2 N–H and O–H groups in total. The van der Waals surface area contributed by atoms with Crippen LogP contribution in [0.15, 0.2) is 42.5 Å². The van der Waals surface area contributed by atoms with Gasteiger partial charge >= 0.3 is 6.09 Å². The Labute approximate surface area is 200 Å². The van der Waals surface area contributed by atoms with E-state index in [-0.39, 0.29) is 17.7 Å². The average Bonchev–Trinajstić information content (AvgIpc) is 2.75. The first-order valence-corrected chi connectivity index (χ1v) is 13.2. The van der Waals surface area contributed by atoms with E-state index in [4.69, 9.17) is 21.1 Å². The molecular formula is C24H31ClN2O5S. The first kappa shape index (κ1) is 25.3. The van der Waals surface area contributed by atoms with E-state index in [1.54, 1.807) is 20.8 Å². The topological polar surface area (TPSA) is 93.7 Å². The molecule has 0 heterocycles. The third kappa shape index (κ3) is 7.09. The maximum atomic E-state index is 12.2. The molecule has 1 amide bonds. The Bertz CT molecular complexity index is 1080. The monoisotopic (exact) mass is 494 g/mol. The van der Waals surface area contributed by atoms with Crippen molar-refractivity contribution >= 4 is 27.7 Å². The fraction of sp³-hybridized carbons (Fsp3) is 0.458. The van der Waals surface area contributed by atoms with Gasteiger partial charge in [0, 0.05) is 17.0 Å². The van der Waals surface area contributed by atoms with Gasteiger partial charge in [-0.3, -0.25) is 0 Å². The normalized spacial score (nSPS) is 18.8. The minimum Gasteiger partial charge on any atom is -0.475 e.